The largest absolute Gasteiger partial charge is 0.311 e. The molecule has 0 saturated carbocycles. The van der Waals surface area contributed by atoms with Crippen molar-refractivity contribution in [2.45, 2.75) is 25.3 Å². The Balaban J connectivity index is 3.02. The number of thioether (sulfide) groups is 1. The lowest BCUT2D eigenvalue weighted by Crippen LogP contribution is -2.30. The van der Waals surface area contributed by atoms with Crippen molar-refractivity contribution in [1.29, 1.82) is 0 Å². The number of hydrogen-bond donors (Lipinski definition) is 2. The Bertz CT molecular complexity index is 499. The molecule has 0 atom stereocenters. The highest BCUT2D eigenvalue weighted by Gasteiger charge is 2.27. The van der Waals surface area contributed by atoms with Crippen molar-refractivity contribution in [3.05, 3.63) is 11.4 Å². The van der Waals surface area contributed by atoms with Gasteiger partial charge < -0.3 is 5.32 Å². The summed E-state index contributed by atoms with van der Waals surface area (Å²) in [6.45, 7) is 5.42. The Hall–Kier alpha value is -0.570. The Morgan fingerprint density at radius 1 is 1.47 bits per heavy atom. The van der Waals surface area contributed by atoms with Crippen LogP contribution >= 0.6 is 11.8 Å². The van der Waals surface area contributed by atoms with Crippen LogP contribution < -0.4 is 5.32 Å². The molecule has 0 radical (unpaired) electrons. The van der Waals surface area contributed by atoms with Crippen molar-refractivity contribution >= 4 is 21.8 Å². The van der Waals surface area contributed by atoms with Crippen LogP contribution in [0.15, 0.2) is 4.90 Å². The molecule has 1 aromatic heterocycles. The normalized spacial score (nSPS) is 12.3. The molecule has 0 aliphatic carbocycles. The molecule has 0 saturated heterocycles. The van der Waals surface area contributed by atoms with Crippen molar-refractivity contribution in [3.63, 3.8) is 0 Å². The lowest BCUT2D eigenvalue weighted by Gasteiger charge is -2.17. The van der Waals surface area contributed by atoms with Crippen LogP contribution in [0.1, 0.15) is 18.3 Å². The number of aromatic nitrogens is 2. The van der Waals surface area contributed by atoms with Crippen LogP contribution in [-0.4, -0.2) is 55.1 Å². The molecule has 0 aromatic carbocycles. The third-order valence-electron chi connectivity index (χ3n) is 2.78. The smallest absolute Gasteiger partial charge is 0.246 e. The van der Waals surface area contributed by atoms with Crippen LogP contribution in [0.3, 0.4) is 0 Å². The van der Waals surface area contributed by atoms with Gasteiger partial charge in [0.1, 0.15) is 4.90 Å². The molecule has 0 aliphatic rings. The Morgan fingerprint density at radius 2 is 2.16 bits per heavy atom. The maximum Gasteiger partial charge on any atom is 0.246 e. The molecule has 1 heterocycles. The minimum absolute atomic E-state index is 0.303. The third kappa shape index (κ3) is 3.95. The molecule has 1 rings (SSSR count). The van der Waals surface area contributed by atoms with Crippen molar-refractivity contribution in [1.82, 2.24) is 19.8 Å². The first kappa shape index (κ1) is 16.5. The maximum atomic E-state index is 12.5. The van der Waals surface area contributed by atoms with Gasteiger partial charge in [-0.1, -0.05) is 6.92 Å². The van der Waals surface area contributed by atoms with E-state index in [0.717, 1.165) is 12.3 Å². The van der Waals surface area contributed by atoms with Gasteiger partial charge in [0.15, 0.2) is 0 Å². The van der Waals surface area contributed by atoms with Gasteiger partial charge in [0.25, 0.3) is 0 Å². The molecule has 1 aromatic rings. The first-order valence-corrected chi connectivity index (χ1v) is 8.98. The first-order chi connectivity index (χ1) is 8.95. The van der Waals surface area contributed by atoms with Crippen LogP contribution in [0, 0.1) is 6.92 Å². The number of sulfonamides is 1. The van der Waals surface area contributed by atoms with Crippen molar-refractivity contribution in [3.8, 4) is 0 Å². The van der Waals surface area contributed by atoms with Gasteiger partial charge in [-0.15, -0.1) is 0 Å². The van der Waals surface area contributed by atoms with E-state index in [4.69, 9.17) is 0 Å². The van der Waals surface area contributed by atoms with Gasteiger partial charge in [-0.2, -0.15) is 21.2 Å². The minimum Gasteiger partial charge on any atom is -0.311 e. The molecule has 110 valence electrons. The molecule has 8 heteroatoms. The second-order valence-electron chi connectivity index (χ2n) is 4.22. The Labute approximate surface area is 119 Å². The zero-order valence-electron chi connectivity index (χ0n) is 11.9. The summed E-state index contributed by atoms with van der Waals surface area (Å²) >= 11 is 1.62. The van der Waals surface area contributed by atoms with Gasteiger partial charge in [0, 0.05) is 25.9 Å². The van der Waals surface area contributed by atoms with E-state index >= 15 is 0 Å². The summed E-state index contributed by atoms with van der Waals surface area (Å²) in [4.78, 5) is 0.303. The second kappa shape index (κ2) is 7.28. The molecular weight excluding hydrogens is 284 g/mol. The highest BCUT2D eigenvalue weighted by molar-refractivity contribution is 7.98. The second-order valence-corrected chi connectivity index (χ2v) is 7.19. The number of aromatic amines is 1. The van der Waals surface area contributed by atoms with E-state index in [1.165, 1.54) is 4.31 Å². The summed E-state index contributed by atoms with van der Waals surface area (Å²) in [5, 5.41) is 9.95. The van der Waals surface area contributed by atoms with Gasteiger partial charge in [-0.3, -0.25) is 5.10 Å². The zero-order chi connectivity index (χ0) is 14.5. The van der Waals surface area contributed by atoms with E-state index in [1.807, 2.05) is 13.2 Å². The number of nitrogens with one attached hydrogen (secondary N) is 2. The van der Waals surface area contributed by atoms with Gasteiger partial charge in [0.05, 0.1) is 11.4 Å². The fourth-order valence-corrected chi connectivity index (χ4v) is 3.73. The molecule has 0 bridgehead atoms. The number of aryl methyl sites for hydroxylation is 1. The van der Waals surface area contributed by atoms with Crippen LogP contribution in [0.25, 0.3) is 0 Å². The predicted octanol–water partition coefficient (Wildman–Crippen LogP) is 0.811. The van der Waals surface area contributed by atoms with Gasteiger partial charge in [0.2, 0.25) is 10.0 Å². The highest BCUT2D eigenvalue weighted by Crippen LogP contribution is 2.21. The maximum absolute atomic E-state index is 12.5. The van der Waals surface area contributed by atoms with E-state index < -0.39 is 10.0 Å². The third-order valence-corrected chi connectivity index (χ3v) is 5.43. The Kier molecular flexibility index (Phi) is 6.31. The minimum atomic E-state index is -3.47. The van der Waals surface area contributed by atoms with Crippen LogP contribution in [0.4, 0.5) is 0 Å². The first-order valence-electron chi connectivity index (χ1n) is 6.15. The summed E-state index contributed by atoms with van der Waals surface area (Å²) in [5.74, 6) is 0.773. The number of hydrogen-bond acceptors (Lipinski definition) is 5. The number of H-pyrrole nitrogens is 1. The standard InChI is InChI=1S/C11H22N4O2S2/c1-5-12-8-10-11(9(2)13-14-10)19(16,17)15(3)6-7-18-4/h12H,5-8H2,1-4H3,(H,13,14). The fraction of sp³-hybridized carbons (Fsp3) is 0.727. The number of nitrogens with zero attached hydrogens (tertiary/aromatic N) is 2. The van der Waals surface area contributed by atoms with Gasteiger partial charge >= 0.3 is 0 Å². The van der Waals surface area contributed by atoms with Crippen LogP contribution in [0.5, 0.6) is 0 Å². The van der Waals surface area contributed by atoms with E-state index in [2.05, 4.69) is 15.5 Å². The number of rotatable bonds is 8. The average Bonchev–Trinajstić information content (AvgIpc) is 2.75. The molecule has 0 amide bonds. The van der Waals surface area contributed by atoms with Crippen LogP contribution in [-0.2, 0) is 16.6 Å². The summed E-state index contributed by atoms with van der Waals surface area (Å²) in [6.07, 6.45) is 1.96. The van der Waals surface area contributed by atoms with Gasteiger partial charge in [-0.25, -0.2) is 8.42 Å². The molecule has 6 nitrogen and oxygen atoms in total. The molecule has 0 fully saturated rings. The summed E-state index contributed by atoms with van der Waals surface area (Å²) in [6, 6.07) is 0. The van der Waals surface area contributed by atoms with Crippen molar-refractivity contribution in [2.24, 2.45) is 0 Å². The summed E-state index contributed by atoms with van der Waals surface area (Å²) < 4.78 is 26.5. The molecule has 19 heavy (non-hydrogen) atoms. The quantitative estimate of drug-likeness (QED) is 0.743. The topological polar surface area (TPSA) is 78.1 Å². The van der Waals surface area contributed by atoms with E-state index in [9.17, 15) is 8.42 Å². The molecule has 0 spiro atoms. The van der Waals surface area contributed by atoms with E-state index in [0.29, 0.717) is 29.4 Å². The molecule has 0 unspecified atom stereocenters. The Morgan fingerprint density at radius 3 is 2.74 bits per heavy atom. The zero-order valence-corrected chi connectivity index (χ0v) is 13.5. The van der Waals surface area contributed by atoms with E-state index in [1.54, 1.807) is 25.7 Å². The molecule has 0 aliphatic heterocycles. The summed E-state index contributed by atoms with van der Waals surface area (Å²) in [5.41, 5.74) is 1.14. The van der Waals surface area contributed by atoms with E-state index in [-0.39, 0.29) is 0 Å². The summed E-state index contributed by atoms with van der Waals surface area (Å²) in [7, 11) is -1.87. The monoisotopic (exact) mass is 306 g/mol. The predicted molar refractivity (Wildman–Crippen MR) is 78.9 cm³/mol. The lowest BCUT2D eigenvalue weighted by molar-refractivity contribution is 0.486. The molecule has 2 N–H and O–H groups in total. The molecular formula is C11H22N4O2S2. The fourth-order valence-electron chi connectivity index (χ4n) is 1.67. The van der Waals surface area contributed by atoms with Crippen molar-refractivity contribution < 1.29 is 8.42 Å². The SMILES string of the molecule is CCNCc1n[nH]c(C)c1S(=O)(=O)N(C)CCSC. The van der Waals surface area contributed by atoms with Crippen LogP contribution in [0.2, 0.25) is 0 Å². The average molecular weight is 306 g/mol. The van der Waals surface area contributed by atoms with Crippen molar-refractivity contribution in [2.75, 3.05) is 32.1 Å². The highest BCUT2D eigenvalue weighted by atomic mass is 32.2. The van der Waals surface area contributed by atoms with Gasteiger partial charge in [-0.05, 0) is 19.7 Å². The lowest BCUT2D eigenvalue weighted by atomic mass is 10.3.